The zero-order valence-corrected chi connectivity index (χ0v) is 4.76. The summed E-state index contributed by atoms with van der Waals surface area (Å²) in [6, 6.07) is 0. The van der Waals surface area contributed by atoms with Crippen LogP contribution in [0.4, 0.5) is 0 Å². The van der Waals surface area contributed by atoms with Gasteiger partial charge in [-0.15, -0.1) is 0 Å². The number of nitrogens with zero attached hydrogens (tertiary/aromatic N) is 1. The van der Waals surface area contributed by atoms with Gasteiger partial charge in [-0.2, -0.15) is 0 Å². The summed E-state index contributed by atoms with van der Waals surface area (Å²) in [6.07, 6.45) is 1.49. The van der Waals surface area contributed by atoms with Crippen molar-refractivity contribution in [2.24, 2.45) is 4.99 Å². The Bertz CT molecular complexity index is 71.7. The number of hydrogen-bond donors (Lipinski definition) is 1. The third-order valence-electron chi connectivity index (χ3n) is 0.737. The highest BCUT2D eigenvalue weighted by atomic mass is 16.5. The molecule has 0 amide bonds. The van der Waals surface area contributed by atoms with E-state index in [1.165, 1.54) is 19.5 Å². The van der Waals surface area contributed by atoms with Crippen LogP contribution < -0.4 is 5.32 Å². The summed E-state index contributed by atoms with van der Waals surface area (Å²) in [6.45, 7) is 4.12. The van der Waals surface area contributed by atoms with Crippen molar-refractivity contribution in [2.75, 3.05) is 26.2 Å². The maximum atomic E-state index is 4.65. The molecular formula is C5H10N2O. The fraction of sp³-hybridized carbons (Fsp3) is 0.800. The summed E-state index contributed by atoms with van der Waals surface area (Å²) in [5.74, 6) is 0. The zero-order valence-electron chi connectivity index (χ0n) is 4.76. The molecule has 2 heterocycles. The molecule has 0 unspecified atom stereocenters. The van der Waals surface area contributed by atoms with Crippen molar-refractivity contribution in [1.29, 1.82) is 0 Å². The molecule has 46 valence electrons. The lowest BCUT2D eigenvalue weighted by molar-refractivity contribution is 0.361. The SMILES string of the molecule is C1=NCCO1.C1CN1. The summed E-state index contributed by atoms with van der Waals surface area (Å²) >= 11 is 0. The molecule has 0 atom stereocenters. The third kappa shape index (κ3) is 3.61. The van der Waals surface area contributed by atoms with E-state index in [1.54, 1.807) is 0 Å². The molecule has 8 heavy (non-hydrogen) atoms. The van der Waals surface area contributed by atoms with Crippen molar-refractivity contribution in [1.82, 2.24) is 5.32 Å². The van der Waals surface area contributed by atoms with Gasteiger partial charge < -0.3 is 10.1 Å². The average molecular weight is 114 g/mol. The first kappa shape index (κ1) is 5.56. The quantitative estimate of drug-likeness (QED) is 0.437. The molecule has 2 rings (SSSR count). The first-order chi connectivity index (χ1) is 4.00. The molecule has 0 saturated carbocycles. The number of aliphatic imine (C=N–C) groups is 1. The van der Waals surface area contributed by atoms with Crippen LogP contribution in [0.3, 0.4) is 0 Å². The van der Waals surface area contributed by atoms with Gasteiger partial charge in [-0.1, -0.05) is 0 Å². The molecule has 0 aromatic heterocycles. The van der Waals surface area contributed by atoms with E-state index in [2.05, 4.69) is 15.0 Å². The van der Waals surface area contributed by atoms with E-state index in [9.17, 15) is 0 Å². The maximum absolute atomic E-state index is 4.65. The largest absolute Gasteiger partial charge is 0.482 e. The Hall–Kier alpha value is -0.570. The average Bonchev–Trinajstić information content (AvgIpc) is 2.55. The summed E-state index contributed by atoms with van der Waals surface area (Å²) in [5.41, 5.74) is 0. The van der Waals surface area contributed by atoms with Gasteiger partial charge in [0.05, 0.1) is 6.54 Å². The van der Waals surface area contributed by atoms with E-state index in [-0.39, 0.29) is 0 Å². The minimum atomic E-state index is 0.778. The van der Waals surface area contributed by atoms with E-state index in [0.29, 0.717) is 0 Å². The van der Waals surface area contributed by atoms with Crippen LogP contribution in [0.2, 0.25) is 0 Å². The fourth-order valence-electron chi connectivity index (χ4n) is 0.264. The van der Waals surface area contributed by atoms with Crippen molar-refractivity contribution >= 4 is 6.40 Å². The molecule has 2 aliphatic rings. The molecular weight excluding hydrogens is 104 g/mol. The van der Waals surface area contributed by atoms with Crippen LogP contribution in [-0.2, 0) is 4.74 Å². The molecule has 3 nitrogen and oxygen atoms in total. The van der Waals surface area contributed by atoms with Crippen LogP contribution >= 0.6 is 0 Å². The molecule has 0 spiro atoms. The van der Waals surface area contributed by atoms with Crippen LogP contribution in [0.15, 0.2) is 4.99 Å². The Morgan fingerprint density at radius 3 is 2.38 bits per heavy atom. The number of rotatable bonds is 0. The zero-order chi connectivity index (χ0) is 5.66. The van der Waals surface area contributed by atoms with E-state index in [1.807, 2.05) is 0 Å². The Morgan fingerprint density at radius 2 is 2.25 bits per heavy atom. The summed E-state index contributed by atoms with van der Waals surface area (Å²) in [5, 5.41) is 3.00. The first-order valence-electron chi connectivity index (χ1n) is 2.81. The highest BCUT2D eigenvalue weighted by molar-refractivity contribution is 5.47. The normalized spacial score (nSPS) is 21.0. The van der Waals surface area contributed by atoms with Gasteiger partial charge in [-0.05, 0) is 0 Å². The van der Waals surface area contributed by atoms with Crippen molar-refractivity contribution in [2.45, 2.75) is 0 Å². The number of nitrogens with one attached hydrogen (secondary N) is 1. The van der Waals surface area contributed by atoms with E-state index < -0.39 is 0 Å². The van der Waals surface area contributed by atoms with Crippen LogP contribution in [0.25, 0.3) is 0 Å². The summed E-state index contributed by atoms with van der Waals surface area (Å²) in [7, 11) is 0. The Morgan fingerprint density at radius 1 is 1.50 bits per heavy atom. The molecule has 0 aliphatic carbocycles. The minimum Gasteiger partial charge on any atom is -0.482 e. The second kappa shape index (κ2) is 3.43. The maximum Gasteiger partial charge on any atom is 0.169 e. The minimum absolute atomic E-state index is 0.778. The highest BCUT2D eigenvalue weighted by Gasteiger charge is 1.91. The van der Waals surface area contributed by atoms with Gasteiger partial charge in [0, 0.05) is 13.1 Å². The van der Waals surface area contributed by atoms with Crippen molar-refractivity contribution in [3.8, 4) is 0 Å². The molecule has 0 radical (unpaired) electrons. The topological polar surface area (TPSA) is 43.5 Å². The van der Waals surface area contributed by atoms with Crippen molar-refractivity contribution < 1.29 is 4.74 Å². The molecule has 1 saturated heterocycles. The van der Waals surface area contributed by atoms with Gasteiger partial charge in [-0.3, -0.25) is 4.99 Å². The predicted octanol–water partition coefficient (Wildman–Crippen LogP) is -0.366. The standard InChI is InChI=1S/C3H5NO.C2H5N/c1-2-5-3-4-1;1-2-3-1/h3H,1-2H2;3H,1-2H2. The molecule has 1 fully saturated rings. The molecule has 0 aromatic rings. The summed E-state index contributed by atoms with van der Waals surface area (Å²) < 4.78 is 4.65. The smallest absolute Gasteiger partial charge is 0.169 e. The molecule has 0 bridgehead atoms. The summed E-state index contributed by atoms with van der Waals surface area (Å²) in [4.78, 5) is 3.74. The van der Waals surface area contributed by atoms with Crippen LogP contribution in [0.1, 0.15) is 0 Å². The van der Waals surface area contributed by atoms with Gasteiger partial charge in [0.25, 0.3) is 0 Å². The Balaban J connectivity index is 0.0000000907. The lowest BCUT2D eigenvalue weighted by Crippen LogP contribution is -1.80. The lowest BCUT2D eigenvalue weighted by atomic mass is 10.8. The second-order valence-electron chi connectivity index (χ2n) is 1.63. The number of ether oxygens (including phenoxy) is 1. The molecule has 1 N–H and O–H groups in total. The lowest BCUT2D eigenvalue weighted by Gasteiger charge is -1.76. The van der Waals surface area contributed by atoms with Crippen LogP contribution in [0.5, 0.6) is 0 Å². The van der Waals surface area contributed by atoms with Gasteiger partial charge in [0.1, 0.15) is 6.61 Å². The predicted molar refractivity (Wildman–Crippen MR) is 32.2 cm³/mol. The molecule has 0 aromatic carbocycles. The highest BCUT2D eigenvalue weighted by Crippen LogP contribution is 1.78. The van der Waals surface area contributed by atoms with Gasteiger partial charge in [0.15, 0.2) is 6.40 Å². The molecule has 2 aliphatic heterocycles. The third-order valence-corrected chi connectivity index (χ3v) is 0.737. The number of hydrogen-bond acceptors (Lipinski definition) is 3. The van der Waals surface area contributed by atoms with Crippen molar-refractivity contribution in [3.05, 3.63) is 0 Å². The van der Waals surface area contributed by atoms with Gasteiger partial charge >= 0.3 is 0 Å². The van der Waals surface area contributed by atoms with Crippen molar-refractivity contribution in [3.63, 3.8) is 0 Å². The van der Waals surface area contributed by atoms with E-state index in [0.717, 1.165) is 13.2 Å². The van der Waals surface area contributed by atoms with Crippen LogP contribution in [0, 0.1) is 0 Å². The molecule has 3 heteroatoms. The Kier molecular flexibility index (Phi) is 2.39. The first-order valence-corrected chi connectivity index (χ1v) is 2.81. The van der Waals surface area contributed by atoms with Gasteiger partial charge in [0.2, 0.25) is 0 Å². The van der Waals surface area contributed by atoms with Crippen LogP contribution in [-0.4, -0.2) is 32.6 Å². The Labute approximate surface area is 48.8 Å². The van der Waals surface area contributed by atoms with E-state index in [4.69, 9.17) is 0 Å². The fourth-order valence-corrected chi connectivity index (χ4v) is 0.264. The monoisotopic (exact) mass is 114 g/mol. The van der Waals surface area contributed by atoms with E-state index >= 15 is 0 Å². The van der Waals surface area contributed by atoms with Gasteiger partial charge in [-0.25, -0.2) is 0 Å². The second-order valence-corrected chi connectivity index (χ2v) is 1.63.